The first-order valence-corrected chi connectivity index (χ1v) is 8.93. The molecule has 0 aromatic heterocycles. The third kappa shape index (κ3) is 3.48. The Morgan fingerprint density at radius 3 is 2.71 bits per heavy atom. The second kappa shape index (κ2) is 6.97. The molecule has 0 aromatic carbocycles. The summed E-state index contributed by atoms with van der Waals surface area (Å²) >= 11 is 5.25. The van der Waals surface area contributed by atoms with Crippen LogP contribution < -0.4 is 0 Å². The fourth-order valence-corrected chi connectivity index (χ4v) is 4.00. The molecule has 3 rings (SSSR count). The van der Waals surface area contributed by atoms with Crippen molar-refractivity contribution in [3.05, 3.63) is 24.3 Å². The molecule has 24 heavy (non-hydrogen) atoms. The van der Waals surface area contributed by atoms with Gasteiger partial charge in [-0.05, 0) is 36.6 Å². The average molecular weight is 345 g/mol. The Morgan fingerprint density at radius 1 is 1.29 bits per heavy atom. The Balaban J connectivity index is 1.62. The highest BCUT2D eigenvalue weighted by atomic mass is 32.1. The molecule has 1 aliphatic carbocycles. The molecule has 1 fully saturated rings. The lowest BCUT2D eigenvalue weighted by Gasteiger charge is -2.36. The van der Waals surface area contributed by atoms with Crippen molar-refractivity contribution in [2.24, 2.45) is 22.7 Å². The number of carbonyl (C=O) groups excluding carboxylic acids is 2. The number of aliphatic imine (C=N–C) groups is 1. The van der Waals surface area contributed by atoms with Crippen LogP contribution >= 0.6 is 12.2 Å². The van der Waals surface area contributed by atoms with E-state index in [9.17, 15) is 9.59 Å². The van der Waals surface area contributed by atoms with Crippen molar-refractivity contribution in [1.82, 2.24) is 9.80 Å². The van der Waals surface area contributed by atoms with Gasteiger partial charge in [0.2, 0.25) is 16.9 Å². The molecule has 0 spiro atoms. The van der Waals surface area contributed by atoms with Gasteiger partial charge in [0.15, 0.2) is 0 Å². The molecular weight excluding hydrogens is 322 g/mol. The van der Waals surface area contributed by atoms with Crippen molar-refractivity contribution < 1.29 is 9.59 Å². The second-order valence-electron chi connectivity index (χ2n) is 7.03. The van der Waals surface area contributed by atoms with E-state index in [2.05, 4.69) is 18.8 Å². The number of fused-ring (bicyclic) bond motifs is 1. The van der Waals surface area contributed by atoms with Gasteiger partial charge in [0, 0.05) is 26.1 Å². The van der Waals surface area contributed by atoms with E-state index in [-0.39, 0.29) is 22.8 Å². The highest BCUT2D eigenvalue weighted by Crippen LogP contribution is 2.23. The number of rotatable bonds is 3. The lowest BCUT2D eigenvalue weighted by atomic mass is 9.91. The minimum absolute atomic E-state index is 0.0845. The molecule has 3 unspecified atom stereocenters. The molecule has 3 aliphatic rings. The van der Waals surface area contributed by atoms with Crippen LogP contribution in [0.3, 0.4) is 0 Å². The van der Waals surface area contributed by atoms with Crippen LogP contribution in [0.15, 0.2) is 29.3 Å². The van der Waals surface area contributed by atoms with Gasteiger partial charge < -0.3 is 4.90 Å². The van der Waals surface area contributed by atoms with E-state index in [1.165, 1.54) is 4.90 Å². The van der Waals surface area contributed by atoms with Crippen molar-refractivity contribution in [2.45, 2.75) is 26.7 Å². The number of hydrogen-bond acceptors (Lipinski definition) is 3. The Kier molecular flexibility index (Phi) is 4.94. The molecule has 6 heteroatoms. The van der Waals surface area contributed by atoms with Crippen LogP contribution in [-0.2, 0) is 9.59 Å². The minimum Gasteiger partial charge on any atom is -0.342 e. The first-order valence-electron chi connectivity index (χ1n) is 8.52. The summed E-state index contributed by atoms with van der Waals surface area (Å²) in [5.41, 5.74) is 0.689. The van der Waals surface area contributed by atoms with Crippen LogP contribution in [0.1, 0.15) is 26.7 Å². The maximum atomic E-state index is 12.6. The molecular formula is C18H23N3O2S. The summed E-state index contributed by atoms with van der Waals surface area (Å²) in [4.78, 5) is 32.9. The van der Waals surface area contributed by atoms with Crippen molar-refractivity contribution >= 4 is 34.9 Å². The first kappa shape index (κ1) is 17.0. The minimum atomic E-state index is -0.369. The van der Waals surface area contributed by atoms with Gasteiger partial charge in [0.25, 0.3) is 0 Å². The van der Waals surface area contributed by atoms with Gasteiger partial charge in [-0.1, -0.05) is 32.1 Å². The summed E-state index contributed by atoms with van der Waals surface area (Å²) < 4.78 is 0. The van der Waals surface area contributed by atoms with Crippen molar-refractivity contribution in [2.75, 3.05) is 19.6 Å². The predicted octanol–water partition coefficient (Wildman–Crippen LogP) is 2.19. The summed E-state index contributed by atoms with van der Waals surface area (Å²) in [5, 5.41) is 0.263. The third-order valence-corrected chi connectivity index (χ3v) is 5.07. The standard InChI is InChI=1S/C18H23N3O2S/c1-12-9-13(2)11-20(10-12)16(22)7-8-21-17(23)14-5-3-4-6-15(14)19-18(21)24/h3-6,12-14H,7-11H2,1-2H3. The molecule has 5 nitrogen and oxygen atoms in total. The van der Waals surface area contributed by atoms with Crippen LogP contribution in [-0.4, -0.2) is 52.1 Å². The smallest absolute Gasteiger partial charge is 0.241 e. The van der Waals surface area contributed by atoms with Gasteiger partial charge in [0.1, 0.15) is 0 Å². The summed E-state index contributed by atoms with van der Waals surface area (Å²) in [7, 11) is 0. The first-order chi connectivity index (χ1) is 11.5. The third-order valence-electron chi connectivity index (χ3n) is 4.76. The van der Waals surface area contributed by atoms with E-state index in [0.717, 1.165) is 19.5 Å². The fraction of sp³-hybridized carbons (Fsp3) is 0.556. The summed E-state index contributed by atoms with van der Waals surface area (Å²) in [6.45, 7) is 6.28. The second-order valence-corrected chi connectivity index (χ2v) is 7.39. The number of likely N-dealkylation sites (tertiary alicyclic amines) is 1. The number of carbonyl (C=O) groups is 2. The largest absolute Gasteiger partial charge is 0.342 e. The number of thiocarbonyl (C=S) groups is 1. The topological polar surface area (TPSA) is 53.0 Å². The van der Waals surface area contributed by atoms with Crippen LogP contribution in [0.4, 0.5) is 0 Å². The van der Waals surface area contributed by atoms with Gasteiger partial charge in [0.05, 0.1) is 11.6 Å². The maximum absolute atomic E-state index is 12.6. The zero-order chi connectivity index (χ0) is 17.3. The molecule has 2 aliphatic heterocycles. The van der Waals surface area contributed by atoms with Crippen LogP contribution in [0, 0.1) is 17.8 Å². The van der Waals surface area contributed by atoms with Gasteiger partial charge in [-0.15, -0.1) is 0 Å². The molecule has 0 N–H and O–H groups in total. The quantitative estimate of drug-likeness (QED) is 0.737. The van der Waals surface area contributed by atoms with Crippen LogP contribution in [0.2, 0.25) is 0 Å². The zero-order valence-electron chi connectivity index (χ0n) is 14.1. The monoisotopic (exact) mass is 345 g/mol. The summed E-state index contributed by atoms with van der Waals surface area (Å²) in [6, 6.07) is 0. The normalized spacial score (nSPS) is 29.6. The molecule has 3 atom stereocenters. The molecule has 2 amide bonds. The lowest BCUT2D eigenvalue weighted by molar-refractivity contribution is -0.135. The van der Waals surface area contributed by atoms with Crippen molar-refractivity contribution in [3.8, 4) is 0 Å². The number of amides is 2. The van der Waals surface area contributed by atoms with Gasteiger partial charge in [-0.25, -0.2) is 4.99 Å². The molecule has 0 aromatic rings. The SMILES string of the molecule is CC1CC(C)CN(C(=O)CCN2C(=O)C3C=CC=CC3=NC2=S)C1. The fourth-order valence-electron chi connectivity index (χ4n) is 3.72. The number of piperidine rings is 1. The Hall–Kier alpha value is -1.82. The maximum Gasteiger partial charge on any atom is 0.241 e. The average Bonchev–Trinajstić information content (AvgIpc) is 2.53. The number of hydrogen-bond donors (Lipinski definition) is 0. The van der Waals surface area contributed by atoms with E-state index in [1.807, 2.05) is 29.2 Å². The predicted molar refractivity (Wildman–Crippen MR) is 97.7 cm³/mol. The van der Waals surface area contributed by atoms with E-state index in [0.29, 0.717) is 30.5 Å². The molecule has 0 saturated carbocycles. The Bertz CT molecular complexity index is 643. The number of allylic oxidation sites excluding steroid dienone is 3. The highest BCUT2D eigenvalue weighted by molar-refractivity contribution is 7.80. The van der Waals surface area contributed by atoms with Crippen LogP contribution in [0.25, 0.3) is 0 Å². The van der Waals surface area contributed by atoms with Crippen molar-refractivity contribution in [1.29, 1.82) is 0 Å². The van der Waals surface area contributed by atoms with Gasteiger partial charge in [-0.2, -0.15) is 0 Å². The van der Waals surface area contributed by atoms with Crippen LogP contribution in [0.5, 0.6) is 0 Å². The van der Waals surface area contributed by atoms with Crippen molar-refractivity contribution in [3.63, 3.8) is 0 Å². The molecule has 128 valence electrons. The summed E-state index contributed by atoms with van der Waals surface area (Å²) in [5.74, 6) is 0.701. The zero-order valence-corrected chi connectivity index (χ0v) is 15.0. The van der Waals surface area contributed by atoms with E-state index < -0.39 is 0 Å². The Labute approximate surface area is 148 Å². The molecule has 0 bridgehead atoms. The van der Waals surface area contributed by atoms with Gasteiger partial charge >= 0.3 is 0 Å². The molecule has 2 heterocycles. The highest BCUT2D eigenvalue weighted by Gasteiger charge is 2.34. The number of nitrogens with zero attached hydrogens (tertiary/aromatic N) is 3. The Morgan fingerprint density at radius 2 is 2.00 bits per heavy atom. The summed E-state index contributed by atoms with van der Waals surface area (Å²) in [6.07, 6.45) is 8.79. The van der Waals surface area contributed by atoms with E-state index in [4.69, 9.17) is 12.2 Å². The molecule has 0 radical (unpaired) electrons. The van der Waals surface area contributed by atoms with E-state index in [1.54, 1.807) is 0 Å². The van der Waals surface area contributed by atoms with Gasteiger partial charge in [-0.3, -0.25) is 14.5 Å². The lowest BCUT2D eigenvalue weighted by Crippen LogP contribution is -2.48. The van der Waals surface area contributed by atoms with E-state index >= 15 is 0 Å². The molecule has 1 saturated heterocycles.